The van der Waals surface area contributed by atoms with Crippen molar-refractivity contribution >= 4 is 11.5 Å². The maximum Gasteiger partial charge on any atom is 0.150 e. The Bertz CT molecular complexity index is 593. The largest absolute Gasteiger partial charge is 0.455 e. The van der Waals surface area contributed by atoms with E-state index in [2.05, 4.69) is 10.3 Å². The second-order valence-electron chi connectivity index (χ2n) is 4.82. The van der Waals surface area contributed by atoms with Crippen molar-refractivity contribution in [2.75, 3.05) is 11.9 Å². The van der Waals surface area contributed by atoms with Gasteiger partial charge in [0.25, 0.3) is 0 Å². The first kappa shape index (κ1) is 12.7. The number of ether oxygens (including phenoxy) is 1. The maximum atomic E-state index is 5.93. The van der Waals surface area contributed by atoms with Gasteiger partial charge in [-0.15, -0.1) is 0 Å². The lowest BCUT2D eigenvalue weighted by atomic mass is 10.1. The summed E-state index contributed by atoms with van der Waals surface area (Å²) in [5.41, 5.74) is 0.969. The van der Waals surface area contributed by atoms with Crippen molar-refractivity contribution in [3.05, 3.63) is 54.6 Å². The average Bonchev–Trinajstić information content (AvgIpc) is 2.51. The van der Waals surface area contributed by atoms with Crippen LogP contribution >= 0.6 is 0 Å². The molecular formula is C17H18N2O. The summed E-state index contributed by atoms with van der Waals surface area (Å²) in [7, 11) is 0. The normalized spacial score (nSPS) is 14.5. The Balaban J connectivity index is 1.79. The summed E-state index contributed by atoms with van der Waals surface area (Å²) in [6.07, 6.45) is 3.40. The number of hydrogen-bond acceptors (Lipinski definition) is 3. The molecule has 0 saturated heterocycles. The molecule has 0 aromatic heterocycles. The maximum absolute atomic E-state index is 5.93. The van der Waals surface area contributed by atoms with Gasteiger partial charge < -0.3 is 10.1 Å². The molecular weight excluding hydrogens is 248 g/mol. The van der Waals surface area contributed by atoms with E-state index in [1.54, 1.807) is 0 Å². The Hall–Kier alpha value is -2.29. The van der Waals surface area contributed by atoms with Gasteiger partial charge in [-0.25, -0.2) is 0 Å². The van der Waals surface area contributed by atoms with Crippen LogP contribution in [-0.2, 0) is 0 Å². The molecule has 0 atom stereocenters. The first-order valence-electron chi connectivity index (χ1n) is 7.04. The highest BCUT2D eigenvalue weighted by Gasteiger charge is 2.09. The molecule has 0 fully saturated rings. The summed E-state index contributed by atoms with van der Waals surface area (Å²) >= 11 is 0. The molecule has 1 aliphatic rings. The van der Waals surface area contributed by atoms with Gasteiger partial charge in [0, 0.05) is 13.0 Å². The summed E-state index contributed by atoms with van der Waals surface area (Å²) in [5.74, 6) is 2.72. The van der Waals surface area contributed by atoms with E-state index in [9.17, 15) is 0 Å². The number of amidine groups is 1. The number of aliphatic imine (C=N–C) groups is 1. The second kappa shape index (κ2) is 6.24. The number of rotatable bonds is 3. The van der Waals surface area contributed by atoms with Gasteiger partial charge in [-0.1, -0.05) is 30.3 Å². The number of nitrogens with zero attached hydrogens (tertiary/aromatic N) is 1. The Labute approximate surface area is 119 Å². The minimum atomic E-state index is 0.826. The number of anilines is 1. The zero-order valence-corrected chi connectivity index (χ0v) is 11.4. The first-order chi connectivity index (χ1) is 9.92. The molecule has 0 amide bonds. The molecule has 1 aliphatic heterocycles. The minimum Gasteiger partial charge on any atom is -0.455 e. The number of hydrogen-bond donors (Lipinski definition) is 1. The molecule has 2 aromatic carbocycles. The lowest BCUT2D eigenvalue weighted by Crippen LogP contribution is -2.16. The third-order valence-electron chi connectivity index (χ3n) is 3.26. The predicted molar refractivity (Wildman–Crippen MR) is 82.7 cm³/mol. The molecule has 102 valence electrons. The quantitative estimate of drug-likeness (QED) is 0.889. The van der Waals surface area contributed by atoms with E-state index in [0.29, 0.717) is 0 Å². The topological polar surface area (TPSA) is 33.6 Å². The van der Waals surface area contributed by atoms with Crippen LogP contribution < -0.4 is 10.1 Å². The fourth-order valence-corrected chi connectivity index (χ4v) is 2.23. The van der Waals surface area contributed by atoms with Crippen LogP contribution in [0.2, 0.25) is 0 Å². The van der Waals surface area contributed by atoms with Gasteiger partial charge in [0.15, 0.2) is 5.75 Å². The Morgan fingerprint density at radius 3 is 2.50 bits per heavy atom. The summed E-state index contributed by atoms with van der Waals surface area (Å²) < 4.78 is 5.93. The molecule has 20 heavy (non-hydrogen) atoms. The standard InChI is InChI=1S/C17H18N2O/c1-2-8-14(9-3-1)20-16-11-5-4-10-15(16)19-17-12-6-7-13-18-17/h1-5,8-11H,6-7,12-13H2,(H,18,19). The summed E-state index contributed by atoms with van der Waals surface area (Å²) in [6, 6.07) is 17.8. The number of benzene rings is 2. The monoisotopic (exact) mass is 266 g/mol. The zero-order chi connectivity index (χ0) is 13.6. The van der Waals surface area contributed by atoms with Gasteiger partial charge in [0.05, 0.1) is 5.69 Å². The van der Waals surface area contributed by atoms with E-state index in [4.69, 9.17) is 4.74 Å². The van der Waals surface area contributed by atoms with E-state index in [0.717, 1.165) is 36.0 Å². The van der Waals surface area contributed by atoms with Crippen LogP contribution in [0.4, 0.5) is 5.69 Å². The molecule has 1 heterocycles. The second-order valence-corrected chi connectivity index (χ2v) is 4.82. The van der Waals surface area contributed by atoms with Crippen molar-refractivity contribution in [1.82, 2.24) is 0 Å². The fraction of sp³-hybridized carbons (Fsp3) is 0.235. The van der Waals surface area contributed by atoms with E-state index < -0.39 is 0 Å². The van der Waals surface area contributed by atoms with Gasteiger partial charge in [0.2, 0.25) is 0 Å². The lowest BCUT2D eigenvalue weighted by molar-refractivity contribution is 0.485. The highest BCUT2D eigenvalue weighted by molar-refractivity contribution is 5.97. The number of para-hydroxylation sites is 3. The van der Waals surface area contributed by atoms with Crippen LogP contribution in [0.5, 0.6) is 11.5 Å². The molecule has 0 radical (unpaired) electrons. The average molecular weight is 266 g/mol. The van der Waals surface area contributed by atoms with Crippen molar-refractivity contribution in [3.8, 4) is 11.5 Å². The first-order valence-corrected chi connectivity index (χ1v) is 7.04. The Morgan fingerprint density at radius 1 is 0.900 bits per heavy atom. The molecule has 3 heteroatoms. The third-order valence-corrected chi connectivity index (χ3v) is 3.26. The van der Waals surface area contributed by atoms with Gasteiger partial charge in [-0.05, 0) is 37.1 Å². The number of nitrogens with one attached hydrogen (secondary N) is 1. The van der Waals surface area contributed by atoms with Crippen LogP contribution in [0.25, 0.3) is 0 Å². The van der Waals surface area contributed by atoms with Crippen molar-refractivity contribution in [3.63, 3.8) is 0 Å². The highest BCUT2D eigenvalue weighted by Crippen LogP contribution is 2.29. The third kappa shape index (κ3) is 3.18. The lowest BCUT2D eigenvalue weighted by Gasteiger charge is -2.16. The van der Waals surface area contributed by atoms with E-state index in [1.165, 1.54) is 12.8 Å². The molecule has 0 spiro atoms. The van der Waals surface area contributed by atoms with Crippen LogP contribution in [-0.4, -0.2) is 12.4 Å². The smallest absolute Gasteiger partial charge is 0.150 e. The summed E-state index contributed by atoms with van der Waals surface area (Å²) in [5, 5.41) is 3.39. The molecule has 2 aromatic rings. The SMILES string of the molecule is c1ccc(Oc2ccccc2NC2=NCCCC2)cc1. The van der Waals surface area contributed by atoms with Crippen molar-refractivity contribution in [1.29, 1.82) is 0 Å². The van der Waals surface area contributed by atoms with Gasteiger partial charge >= 0.3 is 0 Å². The van der Waals surface area contributed by atoms with Crippen LogP contribution in [0, 0.1) is 0 Å². The van der Waals surface area contributed by atoms with E-state index >= 15 is 0 Å². The van der Waals surface area contributed by atoms with Gasteiger partial charge in [-0.2, -0.15) is 0 Å². The van der Waals surface area contributed by atoms with Gasteiger partial charge in [0.1, 0.15) is 11.6 Å². The van der Waals surface area contributed by atoms with Crippen molar-refractivity contribution in [2.45, 2.75) is 19.3 Å². The molecule has 0 aliphatic carbocycles. The molecule has 0 saturated carbocycles. The molecule has 0 bridgehead atoms. The predicted octanol–water partition coefficient (Wildman–Crippen LogP) is 4.47. The molecule has 0 unspecified atom stereocenters. The molecule has 1 N–H and O–H groups in total. The zero-order valence-electron chi connectivity index (χ0n) is 11.4. The molecule has 3 nitrogen and oxygen atoms in total. The van der Waals surface area contributed by atoms with E-state index in [1.807, 2.05) is 54.6 Å². The summed E-state index contributed by atoms with van der Waals surface area (Å²) in [4.78, 5) is 4.52. The highest BCUT2D eigenvalue weighted by atomic mass is 16.5. The summed E-state index contributed by atoms with van der Waals surface area (Å²) in [6.45, 7) is 0.921. The fourth-order valence-electron chi connectivity index (χ4n) is 2.23. The Morgan fingerprint density at radius 2 is 1.70 bits per heavy atom. The minimum absolute atomic E-state index is 0.826. The Kier molecular flexibility index (Phi) is 3.97. The van der Waals surface area contributed by atoms with Crippen molar-refractivity contribution in [2.24, 2.45) is 4.99 Å². The van der Waals surface area contributed by atoms with E-state index in [-0.39, 0.29) is 0 Å². The van der Waals surface area contributed by atoms with Crippen LogP contribution in [0.3, 0.4) is 0 Å². The van der Waals surface area contributed by atoms with Gasteiger partial charge in [-0.3, -0.25) is 4.99 Å². The molecule has 3 rings (SSSR count). The van der Waals surface area contributed by atoms with Crippen LogP contribution in [0.1, 0.15) is 19.3 Å². The van der Waals surface area contributed by atoms with Crippen LogP contribution in [0.15, 0.2) is 59.6 Å². The van der Waals surface area contributed by atoms with Crippen molar-refractivity contribution < 1.29 is 4.74 Å².